The first-order valence-corrected chi connectivity index (χ1v) is 20.9. The van der Waals surface area contributed by atoms with Crippen LogP contribution in [0.2, 0.25) is 29.2 Å². The quantitative estimate of drug-likeness (QED) is 0.139. The standard InChI is InChI=1S/C26H61NO6Si3/c1-14-28-35(29-15-2,30-16-3)24(7)20-22-27(34(12,13)26(9,10)11)23-21-25(8)36(31-17-4,32-18-5)33-19-6/h24-25H,14-23H2,1-13H3. The zero-order valence-electron chi connectivity index (χ0n) is 26.1. The average molecular weight is 568 g/mol. The van der Waals surface area contributed by atoms with Crippen LogP contribution in [0.5, 0.6) is 0 Å². The molecule has 0 bridgehead atoms. The van der Waals surface area contributed by atoms with Gasteiger partial charge in [-0.3, -0.25) is 0 Å². The van der Waals surface area contributed by atoms with Gasteiger partial charge in [0, 0.05) is 50.7 Å². The fraction of sp³-hybridized carbons (Fsp3) is 1.00. The molecular weight excluding hydrogens is 507 g/mol. The van der Waals surface area contributed by atoms with Crippen molar-refractivity contribution >= 4 is 25.8 Å². The lowest BCUT2D eigenvalue weighted by molar-refractivity contribution is 0.0602. The molecule has 0 amide bonds. The molecule has 10 heteroatoms. The normalized spacial score (nSPS) is 15.5. The van der Waals surface area contributed by atoms with Gasteiger partial charge >= 0.3 is 17.6 Å². The highest BCUT2D eigenvalue weighted by Gasteiger charge is 2.49. The molecule has 0 aromatic heterocycles. The maximum Gasteiger partial charge on any atom is 0.503 e. The van der Waals surface area contributed by atoms with E-state index in [1.54, 1.807) is 0 Å². The molecular formula is C26H61NO6Si3. The first-order valence-electron chi connectivity index (χ1n) is 14.4. The van der Waals surface area contributed by atoms with Gasteiger partial charge in [0.25, 0.3) is 0 Å². The predicted molar refractivity (Wildman–Crippen MR) is 158 cm³/mol. The summed E-state index contributed by atoms with van der Waals surface area (Å²) in [5.41, 5.74) is 0.455. The van der Waals surface area contributed by atoms with E-state index in [9.17, 15) is 0 Å². The largest absolute Gasteiger partial charge is 0.503 e. The lowest BCUT2D eigenvalue weighted by Crippen LogP contribution is -2.57. The minimum absolute atomic E-state index is 0.228. The molecule has 0 fully saturated rings. The molecule has 0 saturated carbocycles. The van der Waals surface area contributed by atoms with Crippen molar-refractivity contribution in [1.82, 2.24) is 4.57 Å². The van der Waals surface area contributed by atoms with Crippen LogP contribution < -0.4 is 0 Å². The van der Waals surface area contributed by atoms with Crippen molar-refractivity contribution in [3.63, 3.8) is 0 Å². The Morgan fingerprint density at radius 1 is 0.556 bits per heavy atom. The van der Waals surface area contributed by atoms with Crippen molar-refractivity contribution in [2.45, 2.75) is 118 Å². The summed E-state index contributed by atoms with van der Waals surface area (Å²) >= 11 is 0. The Hall–Kier alpha value is 0.371. The smallest absolute Gasteiger partial charge is 0.374 e. The van der Waals surface area contributed by atoms with E-state index in [-0.39, 0.29) is 16.1 Å². The minimum atomic E-state index is -2.74. The Balaban J connectivity index is 5.85. The second kappa shape index (κ2) is 17.1. The summed E-state index contributed by atoms with van der Waals surface area (Å²) < 4.78 is 40.1. The summed E-state index contributed by atoms with van der Waals surface area (Å²) in [4.78, 5) is 0. The maximum absolute atomic E-state index is 6.22. The summed E-state index contributed by atoms with van der Waals surface area (Å²) in [5, 5.41) is 0.238. The van der Waals surface area contributed by atoms with Gasteiger partial charge in [0.1, 0.15) is 8.24 Å². The van der Waals surface area contributed by atoms with E-state index >= 15 is 0 Å². The molecule has 7 nitrogen and oxygen atoms in total. The number of rotatable bonds is 21. The Morgan fingerprint density at radius 2 is 0.806 bits per heavy atom. The van der Waals surface area contributed by atoms with E-state index in [4.69, 9.17) is 26.6 Å². The zero-order valence-corrected chi connectivity index (χ0v) is 29.1. The van der Waals surface area contributed by atoms with Crippen LogP contribution in [0.3, 0.4) is 0 Å². The highest BCUT2D eigenvalue weighted by molar-refractivity contribution is 6.77. The third kappa shape index (κ3) is 10.2. The molecule has 0 N–H and O–H groups in total. The van der Waals surface area contributed by atoms with Crippen LogP contribution in [0.25, 0.3) is 0 Å². The van der Waals surface area contributed by atoms with Crippen molar-refractivity contribution in [1.29, 1.82) is 0 Å². The SMILES string of the molecule is CCO[Si](OCC)(OCC)C(C)CCN(CCC(C)[Si](OCC)(OCC)OCC)[Si](C)(C)C(C)(C)C. The molecule has 218 valence electrons. The van der Waals surface area contributed by atoms with Crippen molar-refractivity contribution in [2.24, 2.45) is 0 Å². The highest BCUT2D eigenvalue weighted by atomic mass is 28.4. The van der Waals surface area contributed by atoms with E-state index < -0.39 is 25.8 Å². The van der Waals surface area contributed by atoms with Gasteiger partial charge < -0.3 is 31.1 Å². The van der Waals surface area contributed by atoms with Crippen molar-refractivity contribution in [2.75, 3.05) is 52.7 Å². The van der Waals surface area contributed by atoms with Crippen molar-refractivity contribution in [3.05, 3.63) is 0 Å². The molecule has 36 heavy (non-hydrogen) atoms. The van der Waals surface area contributed by atoms with Gasteiger partial charge in [-0.05, 0) is 72.5 Å². The summed E-state index contributed by atoms with van der Waals surface area (Å²) in [6, 6.07) is 0. The molecule has 0 rings (SSSR count). The van der Waals surface area contributed by atoms with Crippen LogP contribution >= 0.6 is 0 Å². The first kappa shape index (κ1) is 36.4. The third-order valence-corrected chi connectivity index (χ3v) is 20.4. The van der Waals surface area contributed by atoms with Crippen molar-refractivity contribution < 1.29 is 26.6 Å². The molecule has 0 aliphatic carbocycles. The Bertz CT molecular complexity index is 506. The van der Waals surface area contributed by atoms with Gasteiger partial charge in [0.15, 0.2) is 0 Å². The molecule has 2 atom stereocenters. The molecule has 0 saturated heterocycles. The van der Waals surface area contributed by atoms with Gasteiger partial charge in [-0.1, -0.05) is 47.7 Å². The fourth-order valence-electron chi connectivity index (χ4n) is 4.51. The lowest BCUT2D eigenvalue weighted by atomic mass is 10.2. The van der Waals surface area contributed by atoms with Gasteiger partial charge in [-0.2, -0.15) is 0 Å². The molecule has 0 radical (unpaired) electrons. The average Bonchev–Trinajstić information content (AvgIpc) is 2.78. The van der Waals surface area contributed by atoms with Crippen molar-refractivity contribution in [3.8, 4) is 0 Å². The van der Waals surface area contributed by atoms with Gasteiger partial charge in [0.05, 0.1) is 0 Å². The second-order valence-corrected chi connectivity index (χ2v) is 22.3. The van der Waals surface area contributed by atoms with Crippen LogP contribution in [-0.4, -0.2) is 83.1 Å². The van der Waals surface area contributed by atoms with Crippen LogP contribution in [0.15, 0.2) is 0 Å². The molecule has 0 aliphatic heterocycles. The zero-order chi connectivity index (χ0) is 28.0. The maximum atomic E-state index is 6.22. The topological polar surface area (TPSA) is 58.6 Å². The van der Waals surface area contributed by atoms with Crippen LogP contribution in [0.4, 0.5) is 0 Å². The molecule has 0 aliphatic rings. The first-order chi connectivity index (χ1) is 16.8. The summed E-state index contributed by atoms with van der Waals surface area (Å²) in [6.07, 6.45) is 1.97. The van der Waals surface area contributed by atoms with Crippen LogP contribution in [0.1, 0.15) is 89.0 Å². The summed E-state index contributed by atoms with van der Waals surface area (Å²) in [5.74, 6) is 0. The number of hydrogen-bond acceptors (Lipinski definition) is 7. The second-order valence-electron chi connectivity index (χ2n) is 11.0. The minimum Gasteiger partial charge on any atom is -0.374 e. The highest BCUT2D eigenvalue weighted by Crippen LogP contribution is 2.40. The summed E-state index contributed by atoms with van der Waals surface area (Å²) in [6.45, 7) is 34.5. The Kier molecular flexibility index (Phi) is 17.3. The Labute approximate surface area is 227 Å². The predicted octanol–water partition coefficient (Wildman–Crippen LogP) is 6.95. The van der Waals surface area contributed by atoms with E-state index in [1.165, 1.54) is 0 Å². The fourth-order valence-corrected chi connectivity index (χ4v) is 12.4. The molecule has 0 heterocycles. The van der Waals surface area contributed by atoms with Gasteiger partial charge in [-0.15, -0.1) is 0 Å². The number of nitrogens with zero attached hydrogens (tertiary/aromatic N) is 1. The van der Waals surface area contributed by atoms with E-state index in [0.29, 0.717) is 39.6 Å². The monoisotopic (exact) mass is 567 g/mol. The van der Waals surface area contributed by atoms with Gasteiger partial charge in [-0.25, -0.2) is 0 Å². The third-order valence-electron chi connectivity index (χ3n) is 7.57. The molecule has 0 spiro atoms. The Morgan fingerprint density at radius 3 is 1.00 bits per heavy atom. The van der Waals surface area contributed by atoms with Crippen LogP contribution in [0, 0.1) is 0 Å². The summed E-state index contributed by atoms with van der Waals surface area (Å²) in [7, 11) is -7.26. The number of hydrogen-bond donors (Lipinski definition) is 0. The van der Waals surface area contributed by atoms with E-state index in [2.05, 4.69) is 52.3 Å². The molecule has 2 unspecified atom stereocenters. The van der Waals surface area contributed by atoms with E-state index in [1.807, 2.05) is 41.5 Å². The molecule has 0 aromatic carbocycles. The van der Waals surface area contributed by atoms with Gasteiger partial charge in [0.2, 0.25) is 0 Å². The molecule has 0 aromatic rings. The van der Waals surface area contributed by atoms with E-state index in [0.717, 1.165) is 25.9 Å². The van der Waals surface area contributed by atoms with Crippen LogP contribution in [-0.2, 0) is 26.6 Å². The lowest BCUT2D eigenvalue weighted by Gasteiger charge is -2.47.